The van der Waals surface area contributed by atoms with E-state index < -0.39 is 0 Å². The lowest BCUT2D eigenvalue weighted by Crippen LogP contribution is -2.52. The minimum atomic E-state index is 0.234. The second-order valence-corrected chi connectivity index (χ2v) is 9.99. The summed E-state index contributed by atoms with van der Waals surface area (Å²) in [7, 11) is 0. The van der Waals surface area contributed by atoms with Gasteiger partial charge in [0, 0.05) is 24.2 Å². The number of aromatic nitrogens is 3. The highest BCUT2D eigenvalue weighted by atomic mass is 16.1. The van der Waals surface area contributed by atoms with E-state index >= 15 is 0 Å². The van der Waals surface area contributed by atoms with Crippen LogP contribution in [0.25, 0.3) is 5.70 Å². The first-order valence-corrected chi connectivity index (χ1v) is 10.8. The van der Waals surface area contributed by atoms with Crippen LogP contribution < -0.4 is 0 Å². The quantitative estimate of drug-likeness (QED) is 0.745. The third kappa shape index (κ3) is 2.46. The third-order valence-electron chi connectivity index (χ3n) is 9.04. The van der Waals surface area contributed by atoms with Gasteiger partial charge in [-0.15, -0.1) is 5.10 Å². The van der Waals surface area contributed by atoms with Crippen LogP contribution in [-0.4, -0.2) is 39.4 Å². The van der Waals surface area contributed by atoms with Crippen molar-refractivity contribution in [3.05, 3.63) is 18.5 Å². The minimum absolute atomic E-state index is 0.234. The van der Waals surface area contributed by atoms with Gasteiger partial charge in [0.1, 0.15) is 0 Å². The standard InChI is InChI=1S/C22H32N4O/c1-21-9-3-12-25(15-27)14-16(21)4-5-17-18-6-7-20(26-13-11-23-24-26)22(18,2)10-8-19(17)21/h7,11,13,15-19H,3-6,8-10,12,14H2,1-2H3. The van der Waals surface area contributed by atoms with E-state index in [0.29, 0.717) is 11.3 Å². The van der Waals surface area contributed by atoms with Gasteiger partial charge in [0.2, 0.25) is 6.41 Å². The van der Waals surface area contributed by atoms with E-state index in [2.05, 4.69) is 30.2 Å². The van der Waals surface area contributed by atoms with Crippen molar-refractivity contribution in [3.63, 3.8) is 0 Å². The Hall–Kier alpha value is -1.65. The molecule has 0 radical (unpaired) electrons. The van der Waals surface area contributed by atoms with Crippen LogP contribution in [0.15, 0.2) is 18.5 Å². The lowest BCUT2D eigenvalue weighted by Gasteiger charge is -2.58. The molecule has 0 spiro atoms. The predicted octanol–water partition coefficient (Wildman–Crippen LogP) is 3.84. The Morgan fingerprint density at radius 3 is 2.85 bits per heavy atom. The zero-order chi connectivity index (χ0) is 18.6. The second kappa shape index (κ2) is 6.18. The highest BCUT2D eigenvalue weighted by Gasteiger charge is 2.58. The number of hydrogen-bond donors (Lipinski definition) is 0. The first kappa shape index (κ1) is 17.4. The fourth-order valence-electron chi connectivity index (χ4n) is 7.59. The summed E-state index contributed by atoms with van der Waals surface area (Å²) in [5, 5.41) is 8.35. The Kier molecular flexibility index (Phi) is 3.99. The van der Waals surface area contributed by atoms with Crippen molar-refractivity contribution < 1.29 is 4.79 Å². The van der Waals surface area contributed by atoms with Gasteiger partial charge >= 0.3 is 0 Å². The van der Waals surface area contributed by atoms with E-state index in [1.807, 2.05) is 15.8 Å². The highest BCUT2D eigenvalue weighted by molar-refractivity contribution is 5.55. The van der Waals surface area contributed by atoms with Crippen molar-refractivity contribution in [2.45, 2.75) is 58.8 Å². The summed E-state index contributed by atoms with van der Waals surface area (Å²) in [4.78, 5) is 13.5. The number of carbonyl (C=O) groups excluding carboxylic acids is 1. The molecule has 4 aliphatic rings. The van der Waals surface area contributed by atoms with Gasteiger partial charge in [0.25, 0.3) is 0 Å². The maximum Gasteiger partial charge on any atom is 0.209 e. The molecule has 3 aliphatic carbocycles. The second-order valence-electron chi connectivity index (χ2n) is 9.99. The van der Waals surface area contributed by atoms with E-state index in [0.717, 1.165) is 37.3 Å². The van der Waals surface area contributed by atoms with E-state index in [9.17, 15) is 4.79 Å². The monoisotopic (exact) mass is 368 g/mol. The van der Waals surface area contributed by atoms with E-state index in [4.69, 9.17) is 0 Å². The zero-order valence-corrected chi connectivity index (χ0v) is 16.7. The molecule has 0 aromatic carbocycles. The number of nitrogens with zero attached hydrogens (tertiary/aromatic N) is 4. The average Bonchev–Trinajstić information content (AvgIpc) is 3.25. The molecule has 1 saturated heterocycles. The SMILES string of the molecule is CC12CCC3C(CCC4CN(C=O)CCCC43C)C1CC=C2n1ccnn1. The number of carbonyl (C=O) groups is 1. The van der Waals surface area contributed by atoms with E-state index in [1.165, 1.54) is 50.6 Å². The molecule has 1 aromatic rings. The zero-order valence-electron chi connectivity index (χ0n) is 16.7. The largest absolute Gasteiger partial charge is 0.345 e. The van der Waals surface area contributed by atoms with Gasteiger partial charge in [-0.3, -0.25) is 4.79 Å². The number of amides is 1. The average molecular weight is 369 g/mol. The summed E-state index contributed by atoms with van der Waals surface area (Å²) in [5.41, 5.74) is 2.01. The molecule has 5 heteroatoms. The molecule has 5 rings (SSSR count). The Balaban J connectivity index is 1.43. The number of allylic oxidation sites excluding steroid dienone is 2. The first-order valence-electron chi connectivity index (χ1n) is 10.8. The number of likely N-dealkylation sites (tertiary alicyclic amines) is 1. The maximum atomic E-state index is 11.4. The maximum absolute atomic E-state index is 11.4. The molecule has 146 valence electrons. The van der Waals surface area contributed by atoms with Crippen molar-refractivity contribution in [3.8, 4) is 0 Å². The molecular formula is C22H32N4O. The molecular weight excluding hydrogens is 336 g/mol. The molecule has 2 saturated carbocycles. The van der Waals surface area contributed by atoms with Crippen molar-refractivity contribution >= 4 is 12.1 Å². The Morgan fingerprint density at radius 1 is 1.19 bits per heavy atom. The predicted molar refractivity (Wildman–Crippen MR) is 104 cm³/mol. The topological polar surface area (TPSA) is 51.0 Å². The smallest absolute Gasteiger partial charge is 0.209 e. The van der Waals surface area contributed by atoms with Crippen LogP contribution in [0.3, 0.4) is 0 Å². The fourth-order valence-corrected chi connectivity index (χ4v) is 7.59. The first-order chi connectivity index (χ1) is 13.1. The summed E-state index contributed by atoms with van der Waals surface area (Å²) in [6.45, 7) is 6.97. The van der Waals surface area contributed by atoms with Gasteiger partial charge in [-0.2, -0.15) is 0 Å². The van der Waals surface area contributed by atoms with Crippen LogP contribution in [0.4, 0.5) is 0 Å². The van der Waals surface area contributed by atoms with E-state index in [-0.39, 0.29) is 5.41 Å². The Morgan fingerprint density at radius 2 is 2.07 bits per heavy atom. The van der Waals surface area contributed by atoms with Gasteiger partial charge in [0.05, 0.1) is 12.4 Å². The van der Waals surface area contributed by atoms with Crippen molar-refractivity contribution in [2.24, 2.45) is 34.5 Å². The fraction of sp³-hybridized carbons (Fsp3) is 0.773. The van der Waals surface area contributed by atoms with Crippen LogP contribution in [0.5, 0.6) is 0 Å². The lowest BCUT2D eigenvalue weighted by atomic mass is 9.47. The van der Waals surface area contributed by atoms with Gasteiger partial charge in [-0.25, -0.2) is 4.68 Å². The summed E-state index contributed by atoms with van der Waals surface area (Å²) >= 11 is 0. The molecule has 6 atom stereocenters. The number of hydrogen-bond acceptors (Lipinski definition) is 3. The van der Waals surface area contributed by atoms with Gasteiger partial charge in [-0.05, 0) is 74.0 Å². The van der Waals surface area contributed by atoms with Crippen LogP contribution in [-0.2, 0) is 4.79 Å². The molecule has 3 fully saturated rings. The molecule has 1 amide bonds. The number of rotatable bonds is 2. The highest BCUT2D eigenvalue weighted by Crippen LogP contribution is 2.65. The molecule has 5 nitrogen and oxygen atoms in total. The van der Waals surface area contributed by atoms with Gasteiger partial charge in [-0.1, -0.05) is 25.1 Å². The summed E-state index contributed by atoms with van der Waals surface area (Å²) in [6.07, 6.45) is 16.1. The van der Waals surface area contributed by atoms with Crippen molar-refractivity contribution in [2.75, 3.05) is 13.1 Å². The Labute approximate surface area is 162 Å². The van der Waals surface area contributed by atoms with Crippen LogP contribution in [0.2, 0.25) is 0 Å². The molecule has 0 N–H and O–H groups in total. The molecule has 1 aliphatic heterocycles. The summed E-state index contributed by atoms with van der Waals surface area (Å²) < 4.78 is 2.02. The third-order valence-corrected chi connectivity index (χ3v) is 9.04. The summed E-state index contributed by atoms with van der Waals surface area (Å²) in [6, 6.07) is 0. The molecule has 0 bridgehead atoms. The van der Waals surface area contributed by atoms with Crippen LogP contribution in [0.1, 0.15) is 58.8 Å². The molecule has 1 aromatic heterocycles. The van der Waals surface area contributed by atoms with Gasteiger partial charge < -0.3 is 4.90 Å². The van der Waals surface area contributed by atoms with Crippen LogP contribution >= 0.6 is 0 Å². The van der Waals surface area contributed by atoms with Crippen molar-refractivity contribution in [1.82, 2.24) is 19.9 Å². The molecule has 2 heterocycles. The van der Waals surface area contributed by atoms with Gasteiger partial charge in [0.15, 0.2) is 0 Å². The molecule has 27 heavy (non-hydrogen) atoms. The minimum Gasteiger partial charge on any atom is -0.345 e. The number of fused-ring (bicyclic) bond motifs is 5. The molecule has 6 unspecified atom stereocenters. The van der Waals surface area contributed by atoms with Crippen molar-refractivity contribution in [1.29, 1.82) is 0 Å². The normalized spacial score (nSPS) is 43.9. The summed E-state index contributed by atoms with van der Waals surface area (Å²) in [5.74, 6) is 3.04. The lowest BCUT2D eigenvalue weighted by molar-refractivity contribution is -0.120. The van der Waals surface area contributed by atoms with Crippen LogP contribution in [0, 0.1) is 34.5 Å². The Bertz CT molecular complexity index is 744. The van der Waals surface area contributed by atoms with E-state index in [1.54, 1.807) is 6.20 Å².